The standard InChI is InChI=1S/C15H23N5O2/c1-11(9-21-12-7-5-4-6-8-12)10-22-20-14-17-13(16)18-15(2,3)19-14/h4-8,11H,9-10H2,1-3H3,(H4,16,17,18,19,20). The SMILES string of the molecule is CC(CONC1=NC(C)(C)N=C(N)N1)COc1ccccc1. The first-order valence-corrected chi connectivity index (χ1v) is 7.22. The molecule has 120 valence electrons. The molecule has 0 radical (unpaired) electrons. The fraction of sp³-hybridized carbons (Fsp3) is 0.467. The quantitative estimate of drug-likeness (QED) is 0.687. The summed E-state index contributed by atoms with van der Waals surface area (Å²) in [6.07, 6.45) is 0. The van der Waals surface area contributed by atoms with Gasteiger partial charge in [0.1, 0.15) is 5.75 Å². The van der Waals surface area contributed by atoms with E-state index < -0.39 is 5.66 Å². The summed E-state index contributed by atoms with van der Waals surface area (Å²) in [5.74, 6) is 1.84. The zero-order chi connectivity index (χ0) is 16.0. The molecule has 0 amide bonds. The van der Waals surface area contributed by atoms with Gasteiger partial charge in [0.15, 0.2) is 11.6 Å². The lowest BCUT2D eigenvalue weighted by atomic mass is 10.2. The summed E-state index contributed by atoms with van der Waals surface area (Å²) < 4.78 is 5.67. The Balaban J connectivity index is 1.69. The van der Waals surface area contributed by atoms with E-state index in [1.54, 1.807) is 0 Å². The number of rotatable bonds is 6. The first-order valence-electron chi connectivity index (χ1n) is 7.22. The van der Waals surface area contributed by atoms with Crippen LogP contribution >= 0.6 is 0 Å². The lowest BCUT2D eigenvalue weighted by Gasteiger charge is -2.24. The molecule has 7 heteroatoms. The van der Waals surface area contributed by atoms with Crippen LogP contribution in [0.2, 0.25) is 0 Å². The average molecular weight is 305 g/mol. The summed E-state index contributed by atoms with van der Waals surface area (Å²) in [4.78, 5) is 13.9. The number of nitrogens with two attached hydrogens (primary N) is 1. The van der Waals surface area contributed by atoms with E-state index in [4.69, 9.17) is 15.3 Å². The number of para-hydroxylation sites is 1. The molecule has 4 N–H and O–H groups in total. The van der Waals surface area contributed by atoms with Crippen molar-refractivity contribution in [2.45, 2.75) is 26.4 Å². The van der Waals surface area contributed by atoms with Gasteiger partial charge in [0.25, 0.3) is 0 Å². The Morgan fingerprint density at radius 3 is 2.64 bits per heavy atom. The Morgan fingerprint density at radius 1 is 1.23 bits per heavy atom. The van der Waals surface area contributed by atoms with E-state index in [2.05, 4.69) is 20.8 Å². The highest BCUT2D eigenvalue weighted by Crippen LogP contribution is 2.12. The molecule has 1 unspecified atom stereocenters. The lowest BCUT2D eigenvalue weighted by molar-refractivity contribution is 0.0442. The second-order valence-electron chi connectivity index (χ2n) is 5.72. The summed E-state index contributed by atoms with van der Waals surface area (Å²) in [5, 5.41) is 2.81. The molecule has 0 fully saturated rings. The zero-order valence-electron chi connectivity index (χ0n) is 13.2. The van der Waals surface area contributed by atoms with E-state index in [0.717, 1.165) is 5.75 Å². The minimum atomic E-state index is -0.594. The molecule has 0 saturated heterocycles. The van der Waals surface area contributed by atoms with Crippen molar-refractivity contribution >= 4 is 11.9 Å². The van der Waals surface area contributed by atoms with Crippen LogP contribution in [0.25, 0.3) is 0 Å². The summed E-state index contributed by atoms with van der Waals surface area (Å²) >= 11 is 0. The van der Waals surface area contributed by atoms with Gasteiger partial charge in [-0.3, -0.25) is 10.2 Å². The van der Waals surface area contributed by atoms with E-state index in [0.29, 0.717) is 25.1 Å². The van der Waals surface area contributed by atoms with E-state index in [9.17, 15) is 0 Å². The topological polar surface area (TPSA) is 93.3 Å². The predicted octanol–water partition coefficient (Wildman–Crippen LogP) is 1.23. The van der Waals surface area contributed by atoms with Gasteiger partial charge in [-0.2, -0.15) is 0 Å². The molecule has 7 nitrogen and oxygen atoms in total. The summed E-state index contributed by atoms with van der Waals surface area (Å²) in [6.45, 7) is 6.81. The van der Waals surface area contributed by atoms with Crippen LogP contribution in [0, 0.1) is 5.92 Å². The summed E-state index contributed by atoms with van der Waals surface area (Å²) in [6, 6.07) is 9.70. The fourth-order valence-corrected chi connectivity index (χ4v) is 1.87. The van der Waals surface area contributed by atoms with Crippen molar-refractivity contribution in [3.63, 3.8) is 0 Å². The van der Waals surface area contributed by atoms with Crippen molar-refractivity contribution in [1.29, 1.82) is 0 Å². The Labute approximate surface area is 130 Å². The van der Waals surface area contributed by atoms with Crippen molar-refractivity contribution in [2.24, 2.45) is 21.6 Å². The van der Waals surface area contributed by atoms with Crippen LogP contribution in [-0.4, -0.2) is 30.8 Å². The highest BCUT2D eigenvalue weighted by Gasteiger charge is 2.21. The molecule has 1 aromatic rings. The molecule has 0 bridgehead atoms. The molecular weight excluding hydrogens is 282 g/mol. The fourth-order valence-electron chi connectivity index (χ4n) is 1.87. The molecule has 1 atom stereocenters. The number of hydroxylamine groups is 1. The Kier molecular flexibility index (Phi) is 5.21. The van der Waals surface area contributed by atoms with Crippen LogP contribution in [0.1, 0.15) is 20.8 Å². The second-order valence-corrected chi connectivity index (χ2v) is 5.72. The first-order chi connectivity index (χ1) is 10.4. The minimum absolute atomic E-state index is 0.218. The smallest absolute Gasteiger partial charge is 0.225 e. The molecule has 2 rings (SSSR count). The van der Waals surface area contributed by atoms with Crippen LogP contribution in [-0.2, 0) is 4.84 Å². The highest BCUT2D eigenvalue weighted by molar-refractivity contribution is 5.99. The number of guanidine groups is 2. The third kappa shape index (κ3) is 5.25. The maximum Gasteiger partial charge on any atom is 0.225 e. The maximum absolute atomic E-state index is 5.69. The molecule has 0 saturated carbocycles. The summed E-state index contributed by atoms with van der Waals surface area (Å²) in [5.41, 5.74) is 7.85. The van der Waals surface area contributed by atoms with Crippen LogP contribution < -0.4 is 21.3 Å². The number of nitrogens with one attached hydrogen (secondary N) is 2. The number of aliphatic imine (C=N–C) groups is 2. The molecule has 0 spiro atoms. The Morgan fingerprint density at radius 2 is 1.95 bits per heavy atom. The van der Waals surface area contributed by atoms with Gasteiger partial charge in [-0.05, 0) is 26.0 Å². The zero-order valence-corrected chi connectivity index (χ0v) is 13.2. The molecule has 1 aromatic carbocycles. The number of ether oxygens (including phenoxy) is 1. The molecular formula is C15H23N5O2. The number of hydrogen-bond acceptors (Lipinski definition) is 7. The lowest BCUT2D eigenvalue weighted by Crippen LogP contribution is -2.50. The minimum Gasteiger partial charge on any atom is -0.493 e. The molecule has 22 heavy (non-hydrogen) atoms. The van der Waals surface area contributed by atoms with Crippen molar-refractivity contribution in [3.05, 3.63) is 30.3 Å². The van der Waals surface area contributed by atoms with Gasteiger partial charge in [-0.15, -0.1) is 0 Å². The van der Waals surface area contributed by atoms with Gasteiger partial charge in [-0.1, -0.05) is 25.1 Å². The van der Waals surface area contributed by atoms with Gasteiger partial charge in [0.05, 0.1) is 13.2 Å². The highest BCUT2D eigenvalue weighted by atomic mass is 16.6. The third-order valence-electron chi connectivity index (χ3n) is 2.84. The summed E-state index contributed by atoms with van der Waals surface area (Å²) in [7, 11) is 0. The van der Waals surface area contributed by atoms with Gasteiger partial charge in [0.2, 0.25) is 5.96 Å². The van der Waals surface area contributed by atoms with E-state index in [-0.39, 0.29) is 5.92 Å². The molecule has 0 aromatic heterocycles. The monoisotopic (exact) mass is 305 g/mol. The van der Waals surface area contributed by atoms with E-state index in [1.807, 2.05) is 51.1 Å². The normalized spacial score (nSPS) is 17.8. The van der Waals surface area contributed by atoms with Gasteiger partial charge >= 0.3 is 0 Å². The van der Waals surface area contributed by atoms with Crippen molar-refractivity contribution in [1.82, 2.24) is 10.8 Å². The molecule has 1 aliphatic heterocycles. The van der Waals surface area contributed by atoms with Crippen LogP contribution in [0.15, 0.2) is 40.3 Å². The Bertz CT molecular complexity index is 542. The molecule has 0 aliphatic carbocycles. The van der Waals surface area contributed by atoms with Gasteiger partial charge < -0.3 is 10.5 Å². The van der Waals surface area contributed by atoms with E-state index >= 15 is 0 Å². The first kappa shape index (κ1) is 16.1. The van der Waals surface area contributed by atoms with E-state index in [1.165, 1.54) is 0 Å². The molecule has 1 aliphatic rings. The van der Waals surface area contributed by atoms with Gasteiger partial charge in [-0.25, -0.2) is 15.5 Å². The Hall–Kier alpha value is -2.28. The van der Waals surface area contributed by atoms with Crippen LogP contribution in [0.5, 0.6) is 5.75 Å². The largest absolute Gasteiger partial charge is 0.493 e. The number of hydrogen-bond donors (Lipinski definition) is 3. The number of nitrogens with zero attached hydrogens (tertiary/aromatic N) is 2. The molecule has 1 heterocycles. The van der Waals surface area contributed by atoms with Crippen LogP contribution in [0.4, 0.5) is 0 Å². The number of benzene rings is 1. The third-order valence-corrected chi connectivity index (χ3v) is 2.84. The second kappa shape index (κ2) is 7.13. The maximum atomic E-state index is 5.69. The predicted molar refractivity (Wildman–Crippen MR) is 86.5 cm³/mol. The van der Waals surface area contributed by atoms with Gasteiger partial charge in [0, 0.05) is 5.92 Å². The average Bonchev–Trinajstić information content (AvgIpc) is 2.44. The van der Waals surface area contributed by atoms with Crippen LogP contribution in [0.3, 0.4) is 0 Å². The van der Waals surface area contributed by atoms with Crippen molar-refractivity contribution in [3.8, 4) is 5.75 Å². The van der Waals surface area contributed by atoms with Crippen molar-refractivity contribution in [2.75, 3.05) is 13.2 Å². The van der Waals surface area contributed by atoms with Crippen molar-refractivity contribution < 1.29 is 9.57 Å².